The number of nitrogens with one attached hydrogen (secondary N) is 1. The Morgan fingerprint density at radius 3 is 2.60 bits per heavy atom. The Hall–Kier alpha value is -3.00. The Labute approximate surface area is 179 Å². The molecule has 1 aliphatic rings. The Morgan fingerprint density at radius 2 is 1.87 bits per heavy atom. The first kappa shape index (κ1) is 21.7. The van der Waals surface area contributed by atoms with E-state index in [4.69, 9.17) is 9.47 Å². The number of nitrogens with zero attached hydrogens (tertiary/aromatic N) is 1. The van der Waals surface area contributed by atoms with E-state index in [2.05, 4.69) is 5.32 Å². The first-order valence-corrected chi connectivity index (χ1v) is 10.5. The molecule has 158 valence electrons. The lowest BCUT2D eigenvalue weighted by molar-refractivity contribution is -0.152. The van der Waals surface area contributed by atoms with Gasteiger partial charge in [0, 0.05) is 18.5 Å². The second-order valence-electron chi connectivity index (χ2n) is 6.78. The molecular formula is C22H24N2O5S. The highest BCUT2D eigenvalue weighted by atomic mass is 32.2. The Bertz CT molecular complexity index is 916. The van der Waals surface area contributed by atoms with Crippen LogP contribution in [0.4, 0.5) is 5.69 Å². The molecule has 0 aliphatic carbocycles. The van der Waals surface area contributed by atoms with Crippen LogP contribution in [0.2, 0.25) is 0 Å². The second kappa shape index (κ2) is 10.2. The molecule has 2 aromatic carbocycles. The summed E-state index contributed by atoms with van der Waals surface area (Å²) in [4.78, 5) is 39.0. The molecule has 0 radical (unpaired) electrons. The number of benzene rings is 2. The molecule has 1 atom stereocenters. The van der Waals surface area contributed by atoms with Gasteiger partial charge in [-0.05, 0) is 36.8 Å². The van der Waals surface area contributed by atoms with Gasteiger partial charge in [-0.2, -0.15) is 0 Å². The predicted molar refractivity (Wildman–Crippen MR) is 114 cm³/mol. The SMILES string of the molecule is CCOc1ccc(CN(C)C(=O)COC(=O)CC2Sc3ccccc3NC2=O)cc1. The van der Waals surface area contributed by atoms with Gasteiger partial charge in [0.1, 0.15) is 5.75 Å². The first-order valence-electron chi connectivity index (χ1n) is 9.64. The van der Waals surface area contributed by atoms with E-state index in [1.54, 1.807) is 7.05 Å². The van der Waals surface area contributed by atoms with Crippen molar-refractivity contribution in [2.45, 2.75) is 30.0 Å². The van der Waals surface area contributed by atoms with Crippen LogP contribution in [0.15, 0.2) is 53.4 Å². The molecule has 3 rings (SSSR count). The Morgan fingerprint density at radius 1 is 1.13 bits per heavy atom. The summed E-state index contributed by atoms with van der Waals surface area (Å²) in [5.41, 5.74) is 1.68. The standard InChI is InChI=1S/C22H24N2O5S/c1-3-28-16-10-8-15(9-11-16)13-24(2)20(25)14-29-21(26)12-19-22(27)23-17-6-4-5-7-18(17)30-19/h4-11,19H,3,12-14H2,1-2H3,(H,23,27). The van der Waals surface area contributed by atoms with Crippen LogP contribution in [0, 0.1) is 0 Å². The van der Waals surface area contributed by atoms with Crippen LogP contribution in [-0.2, 0) is 25.7 Å². The van der Waals surface area contributed by atoms with Gasteiger partial charge in [0.15, 0.2) is 6.61 Å². The number of hydrogen-bond acceptors (Lipinski definition) is 6. The van der Waals surface area contributed by atoms with Gasteiger partial charge in [-0.15, -0.1) is 11.8 Å². The molecule has 2 aromatic rings. The van der Waals surface area contributed by atoms with Gasteiger partial charge in [-0.3, -0.25) is 14.4 Å². The van der Waals surface area contributed by atoms with Gasteiger partial charge in [0.2, 0.25) is 5.91 Å². The minimum Gasteiger partial charge on any atom is -0.494 e. The number of esters is 1. The smallest absolute Gasteiger partial charge is 0.307 e. The maximum atomic E-state index is 12.3. The summed E-state index contributed by atoms with van der Waals surface area (Å²) in [7, 11) is 1.65. The highest BCUT2D eigenvalue weighted by molar-refractivity contribution is 8.01. The van der Waals surface area contributed by atoms with Crippen LogP contribution >= 0.6 is 11.8 Å². The molecule has 1 N–H and O–H groups in total. The number of thioether (sulfide) groups is 1. The zero-order valence-electron chi connectivity index (χ0n) is 16.9. The molecule has 0 saturated heterocycles. The van der Waals surface area contributed by atoms with Crippen molar-refractivity contribution < 1.29 is 23.9 Å². The molecule has 1 heterocycles. The van der Waals surface area contributed by atoms with Crippen LogP contribution in [0.5, 0.6) is 5.75 Å². The van der Waals surface area contributed by atoms with Crippen LogP contribution in [0.3, 0.4) is 0 Å². The van der Waals surface area contributed by atoms with Crippen molar-refractivity contribution in [1.29, 1.82) is 0 Å². The maximum absolute atomic E-state index is 12.3. The topological polar surface area (TPSA) is 84.9 Å². The van der Waals surface area contributed by atoms with E-state index in [1.165, 1.54) is 16.7 Å². The highest BCUT2D eigenvalue weighted by Gasteiger charge is 2.29. The van der Waals surface area contributed by atoms with Crippen molar-refractivity contribution in [2.75, 3.05) is 25.6 Å². The molecule has 0 fully saturated rings. The molecule has 0 aromatic heterocycles. The summed E-state index contributed by atoms with van der Waals surface area (Å²) >= 11 is 1.32. The number of para-hydroxylation sites is 1. The Kier molecular flexibility index (Phi) is 7.35. The van der Waals surface area contributed by atoms with E-state index in [-0.39, 0.29) is 24.8 Å². The normalized spacial score (nSPS) is 15.0. The lowest BCUT2D eigenvalue weighted by Crippen LogP contribution is -2.33. The van der Waals surface area contributed by atoms with Crippen molar-refractivity contribution in [3.05, 3.63) is 54.1 Å². The van der Waals surface area contributed by atoms with E-state index in [0.717, 1.165) is 21.9 Å². The van der Waals surface area contributed by atoms with Crippen LogP contribution in [-0.4, -0.2) is 48.2 Å². The van der Waals surface area contributed by atoms with Gasteiger partial charge in [0.05, 0.1) is 24.0 Å². The van der Waals surface area contributed by atoms with Crippen molar-refractivity contribution in [3.63, 3.8) is 0 Å². The van der Waals surface area contributed by atoms with Gasteiger partial charge >= 0.3 is 5.97 Å². The summed E-state index contributed by atoms with van der Waals surface area (Å²) in [5, 5.41) is 2.21. The monoisotopic (exact) mass is 428 g/mol. The highest BCUT2D eigenvalue weighted by Crippen LogP contribution is 2.36. The minimum absolute atomic E-state index is 0.0965. The molecule has 0 bridgehead atoms. The minimum atomic E-state index is -0.580. The quantitative estimate of drug-likeness (QED) is 0.651. The second-order valence-corrected chi connectivity index (χ2v) is 8.03. The largest absolute Gasteiger partial charge is 0.494 e. The van der Waals surface area contributed by atoms with Crippen molar-refractivity contribution in [2.24, 2.45) is 0 Å². The van der Waals surface area contributed by atoms with Crippen molar-refractivity contribution in [1.82, 2.24) is 4.90 Å². The fraction of sp³-hybridized carbons (Fsp3) is 0.318. The summed E-state index contributed by atoms with van der Waals surface area (Å²) < 4.78 is 10.5. The molecule has 30 heavy (non-hydrogen) atoms. The average molecular weight is 429 g/mol. The third-order valence-corrected chi connectivity index (χ3v) is 5.77. The maximum Gasteiger partial charge on any atom is 0.307 e. The lowest BCUT2D eigenvalue weighted by Gasteiger charge is -2.23. The summed E-state index contributed by atoms with van der Waals surface area (Å²) in [6.45, 7) is 2.54. The molecule has 1 unspecified atom stereocenters. The summed E-state index contributed by atoms with van der Waals surface area (Å²) in [5.74, 6) is -0.362. The molecule has 7 nitrogen and oxygen atoms in total. The lowest BCUT2D eigenvalue weighted by atomic mass is 10.2. The van der Waals surface area contributed by atoms with E-state index in [0.29, 0.717) is 13.2 Å². The van der Waals surface area contributed by atoms with Crippen molar-refractivity contribution >= 4 is 35.2 Å². The number of amides is 2. The van der Waals surface area contributed by atoms with E-state index < -0.39 is 11.2 Å². The van der Waals surface area contributed by atoms with Crippen molar-refractivity contribution in [3.8, 4) is 5.75 Å². The van der Waals surface area contributed by atoms with Crippen LogP contribution in [0.25, 0.3) is 0 Å². The number of carbonyl (C=O) groups is 3. The number of anilines is 1. The van der Waals surface area contributed by atoms with Crippen LogP contribution < -0.4 is 10.1 Å². The van der Waals surface area contributed by atoms with E-state index >= 15 is 0 Å². The van der Waals surface area contributed by atoms with Gasteiger partial charge in [0.25, 0.3) is 5.91 Å². The molecule has 0 saturated carbocycles. The van der Waals surface area contributed by atoms with Gasteiger partial charge < -0.3 is 19.7 Å². The third kappa shape index (κ3) is 5.76. The third-order valence-electron chi connectivity index (χ3n) is 4.50. The van der Waals surface area contributed by atoms with Gasteiger partial charge in [-0.1, -0.05) is 24.3 Å². The Balaban J connectivity index is 1.45. The number of ether oxygens (including phenoxy) is 2. The number of rotatable bonds is 8. The fourth-order valence-corrected chi connectivity index (χ4v) is 4.00. The number of likely N-dealkylation sites (N-methyl/N-ethyl adjacent to an activating group) is 1. The molecule has 1 aliphatic heterocycles. The van der Waals surface area contributed by atoms with E-state index in [1.807, 2.05) is 55.5 Å². The molecular weight excluding hydrogens is 404 g/mol. The predicted octanol–water partition coefficient (Wildman–Crippen LogP) is 3.09. The van der Waals surface area contributed by atoms with E-state index in [9.17, 15) is 14.4 Å². The molecule has 0 spiro atoms. The molecule has 8 heteroatoms. The summed E-state index contributed by atoms with van der Waals surface area (Å²) in [6, 6.07) is 14.9. The first-order chi connectivity index (χ1) is 14.5. The average Bonchev–Trinajstić information content (AvgIpc) is 2.74. The summed E-state index contributed by atoms with van der Waals surface area (Å²) in [6.07, 6.45) is -0.0965. The fourth-order valence-electron chi connectivity index (χ4n) is 2.91. The zero-order chi connectivity index (χ0) is 21.5. The molecule has 2 amide bonds. The number of carbonyl (C=O) groups excluding carboxylic acids is 3. The van der Waals surface area contributed by atoms with Crippen LogP contribution in [0.1, 0.15) is 18.9 Å². The number of hydrogen-bond donors (Lipinski definition) is 1. The van der Waals surface area contributed by atoms with Gasteiger partial charge in [-0.25, -0.2) is 0 Å². The zero-order valence-corrected chi connectivity index (χ0v) is 17.7. The number of fused-ring (bicyclic) bond motifs is 1.